The van der Waals surface area contributed by atoms with Gasteiger partial charge in [0, 0.05) is 31.5 Å². The van der Waals surface area contributed by atoms with Gasteiger partial charge in [-0.15, -0.1) is 0 Å². The first-order valence-corrected chi connectivity index (χ1v) is 10.4. The molecule has 0 aliphatic heterocycles. The second kappa shape index (κ2) is 6.84. The fourth-order valence-corrected chi connectivity index (χ4v) is 5.11. The summed E-state index contributed by atoms with van der Waals surface area (Å²) in [4.78, 5) is 11.8. The summed E-state index contributed by atoms with van der Waals surface area (Å²) in [6.45, 7) is 0. The first-order valence-electron chi connectivity index (χ1n) is 7.89. The summed E-state index contributed by atoms with van der Waals surface area (Å²) in [5, 5.41) is 17.3. The lowest BCUT2D eigenvalue weighted by Gasteiger charge is -2.35. The number of hydrogen-bond acceptors (Lipinski definition) is 3. The van der Waals surface area contributed by atoms with E-state index in [-0.39, 0.29) is 10.5 Å². The SMILES string of the molecule is CS(=O)(Cc1ccc(C(O)(C(F)(F)F)C(F)(F)F)cc1)(C(=O)O)c1ccccc1. The van der Waals surface area contributed by atoms with E-state index in [1.165, 1.54) is 24.3 Å². The van der Waals surface area contributed by atoms with Gasteiger partial charge in [-0.05, 0) is 17.7 Å². The van der Waals surface area contributed by atoms with Crippen molar-refractivity contribution in [2.75, 3.05) is 6.26 Å². The Kier molecular flexibility index (Phi) is 5.40. The van der Waals surface area contributed by atoms with Gasteiger partial charge in [0.05, 0.1) is 0 Å². The summed E-state index contributed by atoms with van der Waals surface area (Å²) in [6.07, 6.45) is -11.1. The van der Waals surface area contributed by atoms with E-state index in [2.05, 4.69) is 0 Å². The maximum Gasteiger partial charge on any atom is 0.430 e. The molecule has 160 valence electrons. The van der Waals surface area contributed by atoms with Crippen LogP contribution < -0.4 is 0 Å². The van der Waals surface area contributed by atoms with E-state index in [4.69, 9.17) is 0 Å². The van der Waals surface area contributed by atoms with Gasteiger partial charge in [-0.25, -0.2) is 4.79 Å². The predicted octanol–water partition coefficient (Wildman–Crippen LogP) is 4.69. The third-order valence-electron chi connectivity index (χ3n) is 4.52. The van der Waals surface area contributed by atoms with Crippen LogP contribution in [-0.4, -0.2) is 38.3 Å². The van der Waals surface area contributed by atoms with E-state index in [1.807, 2.05) is 0 Å². The molecule has 2 rings (SSSR count). The van der Waals surface area contributed by atoms with Crippen molar-refractivity contribution in [2.45, 2.75) is 28.6 Å². The molecule has 0 heterocycles. The van der Waals surface area contributed by atoms with E-state index in [9.17, 15) is 45.6 Å². The van der Waals surface area contributed by atoms with Gasteiger partial charge in [-0.1, -0.05) is 42.5 Å². The van der Waals surface area contributed by atoms with Crippen LogP contribution in [0.25, 0.3) is 0 Å². The van der Waals surface area contributed by atoms with Crippen LogP contribution in [0.5, 0.6) is 0 Å². The molecule has 0 spiro atoms. The molecule has 29 heavy (non-hydrogen) atoms. The normalized spacial score (nSPS) is 14.8. The van der Waals surface area contributed by atoms with E-state index >= 15 is 0 Å². The maximum absolute atomic E-state index is 13.4. The van der Waals surface area contributed by atoms with Crippen LogP contribution in [0.4, 0.5) is 31.1 Å². The molecule has 0 atom stereocenters. The van der Waals surface area contributed by atoms with E-state index < -0.39 is 43.6 Å². The molecule has 2 N–H and O–H groups in total. The van der Waals surface area contributed by atoms with Crippen molar-refractivity contribution in [3.63, 3.8) is 0 Å². The summed E-state index contributed by atoms with van der Waals surface area (Å²) in [5.74, 6) is -0.659. The van der Waals surface area contributed by atoms with Crippen molar-refractivity contribution in [1.29, 1.82) is 0 Å². The Morgan fingerprint density at radius 3 is 1.72 bits per heavy atom. The maximum atomic E-state index is 13.4. The second-order valence-electron chi connectivity index (χ2n) is 6.66. The Labute approximate surface area is 161 Å². The minimum atomic E-state index is -6.04. The largest absolute Gasteiger partial charge is 0.472 e. The van der Waals surface area contributed by atoms with E-state index in [1.54, 1.807) is 6.07 Å². The Morgan fingerprint density at radius 1 is 0.897 bits per heavy atom. The van der Waals surface area contributed by atoms with Gasteiger partial charge < -0.3 is 10.2 Å². The van der Waals surface area contributed by atoms with Crippen LogP contribution in [0.15, 0.2) is 59.5 Å². The number of aliphatic hydroxyl groups is 1. The Morgan fingerprint density at radius 2 is 1.34 bits per heavy atom. The number of benzene rings is 2. The fraction of sp³-hybridized carbons (Fsp3) is 0.278. The smallest absolute Gasteiger partial charge is 0.430 e. The topological polar surface area (TPSA) is 74.6 Å². The summed E-state index contributed by atoms with van der Waals surface area (Å²) in [5.41, 5.74) is -6.67. The number of alkyl halides is 6. The molecule has 0 unspecified atom stereocenters. The highest BCUT2D eigenvalue weighted by Crippen LogP contribution is 2.50. The molecule has 2 aromatic rings. The number of rotatable bonds is 4. The van der Waals surface area contributed by atoms with Gasteiger partial charge in [0.2, 0.25) is 0 Å². The third-order valence-corrected chi connectivity index (χ3v) is 7.97. The Bertz CT molecular complexity index is 953. The second-order valence-corrected chi connectivity index (χ2v) is 10.9. The molecule has 0 aliphatic carbocycles. The van der Waals surface area contributed by atoms with Gasteiger partial charge >= 0.3 is 17.7 Å². The zero-order valence-corrected chi connectivity index (χ0v) is 15.6. The standard InChI is InChI=1S/C18H16F6O4S/c1-29(28,15(25)26,14-5-3-2-4-6-14)11-12-7-9-13(10-8-12)16(27,17(19,20)21)18(22,23)24/h2-10,27H,11H2,1H3,(H,25,26). The highest BCUT2D eigenvalue weighted by molar-refractivity contribution is 8.30. The number of carbonyl (C=O) groups is 1. The van der Waals surface area contributed by atoms with Crippen LogP contribution in [0.3, 0.4) is 0 Å². The highest BCUT2D eigenvalue weighted by Gasteiger charge is 2.71. The minimum Gasteiger partial charge on any atom is -0.472 e. The Hall–Kier alpha value is -2.40. The van der Waals surface area contributed by atoms with E-state index in [0.717, 1.165) is 18.4 Å². The molecule has 4 nitrogen and oxygen atoms in total. The lowest BCUT2D eigenvalue weighted by Crippen LogP contribution is -2.53. The molecule has 0 aliphatic rings. The minimum absolute atomic E-state index is 0.0387. The van der Waals surface area contributed by atoms with Gasteiger partial charge in [0.1, 0.15) is 0 Å². The lowest BCUT2D eigenvalue weighted by molar-refractivity contribution is -0.376. The third kappa shape index (κ3) is 3.76. The first-order chi connectivity index (χ1) is 13.0. The molecule has 0 bridgehead atoms. The average Bonchev–Trinajstić information content (AvgIpc) is 2.60. The van der Waals surface area contributed by atoms with Crippen molar-refractivity contribution in [2.24, 2.45) is 0 Å². The van der Waals surface area contributed by atoms with Crippen molar-refractivity contribution in [3.8, 4) is 0 Å². The number of halogens is 6. The van der Waals surface area contributed by atoms with Crippen molar-refractivity contribution >= 4 is 14.4 Å². The van der Waals surface area contributed by atoms with Gasteiger partial charge in [0.25, 0.3) is 5.60 Å². The molecule has 0 saturated heterocycles. The average molecular weight is 442 g/mol. The summed E-state index contributed by atoms with van der Waals surface area (Å²) < 4.78 is 91.2. The molecular formula is C18H16F6O4S. The number of hydrogen-bond donors (Lipinski definition) is 2. The van der Waals surface area contributed by atoms with Crippen LogP contribution in [-0.2, 0) is 20.4 Å². The van der Waals surface area contributed by atoms with Crippen LogP contribution in [0, 0.1) is 0 Å². The lowest BCUT2D eigenvalue weighted by atomic mass is 9.92. The summed E-state index contributed by atoms with van der Waals surface area (Å²) in [6, 6.07) is 9.40. The molecule has 11 heteroatoms. The predicted molar refractivity (Wildman–Crippen MR) is 93.0 cm³/mol. The quantitative estimate of drug-likeness (QED) is 0.674. The van der Waals surface area contributed by atoms with Crippen molar-refractivity contribution < 1.29 is 45.6 Å². The molecular weight excluding hydrogens is 426 g/mol. The fourth-order valence-electron chi connectivity index (χ4n) is 2.75. The first kappa shape index (κ1) is 22.9. The molecule has 0 saturated carbocycles. The molecule has 0 amide bonds. The number of carboxylic acid groups (broad SMARTS) is 1. The molecule has 0 aromatic heterocycles. The molecule has 0 radical (unpaired) electrons. The van der Waals surface area contributed by atoms with Gasteiger partial charge in [-0.2, -0.15) is 26.3 Å². The van der Waals surface area contributed by atoms with E-state index in [0.29, 0.717) is 12.1 Å². The monoisotopic (exact) mass is 442 g/mol. The molecule has 0 fully saturated rings. The highest BCUT2D eigenvalue weighted by atomic mass is 32.3. The summed E-state index contributed by atoms with van der Waals surface area (Å²) >= 11 is 0. The zero-order chi connectivity index (χ0) is 22.3. The van der Waals surface area contributed by atoms with Crippen molar-refractivity contribution in [3.05, 3.63) is 65.7 Å². The van der Waals surface area contributed by atoms with Gasteiger partial charge in [0.15, 0.2) is 0 Å². The van der Waals surface area contributed by atoms with Gasteiger partial charge in [-0.3, -0.25) is 4.21 Å². The Balaban J connectivity index is 2.52. The molecule has 2 aromatic carbocycles. The summed E-state index contributed by atoms with van der Waals surface area (Å²) in [7, 11) is -4.62. The van der Waals surface area contributed by atoms with Crippen LogP contribution >= 0.6 is 0 Å². The van der Waals surface area contributed by atoms with Crippen LogP contribution in [0.1, 0.15) is 11.1 Å². The zero-order valence-electron chi connectivity index (χ0n) is 14.8. The van der Waals surface area contributed by atoms with Crippen LogP contribution in [0.2, 0.25) is 0 Å². The van der Waals surface area contributed by atoms with Crippen molar-refractivity contribution in [1.82, 2.24) is 0 Å².